The van der Waals surface area contributed by atoms with Gasteiger partial charge in [0.2, 0.25) is 5.88 Å². The molecule has 2 heterocycles. The molecule has 1 aliphatic heterocycles. The van der Waals surface area contributed by atoms with Gasteiger partial charge in [-0.25, -0.2) is 0 Å². The van der Waals surface area contributed by atoms with Crippen LogP contribution in [0.2, 0.25) is 0 Å². The number of hydrogen-bond donors (Lipinski definition) is 2. The van der Waals surface area contributed by atoms with E-state index in [2.05, 4.69) is 6.07 Å². The Bertz CT molecular complexity index is 696. The number of fused-ring (bicyclic) bond motifs is 1. The number of furan rings is 1. The van der Waals surface area contributed by atoms with Gasteiger partial charge in [-0.3, -0.25) is 0 Å². The van der Waals surface area contributed by atoms with Crippen molar-refractivity contribution in [2.24, 2.45) is 5.73 Å². The third kappa shape index (κ3) is 1.70. The molecular formula is C14H10N2O3. The molecule has 0 saturated carbocycles. The number of ether oxygens (including phenoxy) is 1. The third-order valence-electron chi connectivity index (χ3n) is 3.03. The predicted octanol–water partition coefficient (Wildman–Crippen LogP) is 2.20. The third-order valence-corrected chi connectivity index (χ3v) is 3.03. The zero-order valence-electron chi connectivity index (χ0n) is 9.83. The molecule has 1 aromatic heterocycles. The Morgan fingerprint density at radius 2 is 2.16 bits per heavy atom. The molecule has 19 heavy (non-hydrogen) atoms. The normalized spacial score (nSPS) is 17.5. The Hall–Kier alpha value is -2.87. The number of allylic oxidation sites excluding steroid dienone is 1. The zero-order valence-corrected chi connectivity index (χ0v) is 9.83. The van der Waals surface area contributed by atoms with Gasteiger partial charge in [0.15, 0.2) is 0 Å². The van der Waals surface area contributed by atoms with E-state index < -0.39 is 5.92 Å². The van der Waals surface area contributed by atoms with Crippen molar-refractivity contribution in [3.63, 3.8) is 0 Å². The van der Waals surface area contributed by atoms with Gasteiger partial charge in [-0.1, -0.05) is 6.07 Å². The number of aromatic hydroxyl groups is 1. The summed E-state index contributed by atoms with van der Waals surface area (Å²) in [6.45, 7) is 0. The molecule has 1 atom stereocenters. The fourth-order valence-corrected chi connectivity index (χ4v) is 2.19. The number of phenols is 1. The molecule has 2 aromatic rings. The van der Waals surface area contributed by atoms with E-state index in [0.717, 1.165) is 5.56 Å². The molecule has 0 saturated heterocycles. The predicted molar refractivity (Wildman–Crippen MR) is 66.1 cm³/mol. The number of nitrogens with two attached hydrogens (primary N) is 1. The first-order chi connectivity index (χ1) is 9.20. The first kappa shape index (κ1) is 11.2. The summed E-state index contributed by atoms with van der Waals surface area (Å²) in [7, 11) is 0. The van der Waals surface area contributed by atoms with E-state index in [1.165, 1.54) is 18.4 Å². The minimum atomic E-state index is -0.413. The second-order valence-corrected chi connectivity index (χ2v) is 4.16. The van der Waals surface area contributed by atoms with Gasteiger partial charge >= 0.3 is 0 Å². The average molecular weight is 254 g/mol. The van der Waals surface area contributed by atoms with Gasteiger partial charge in [-0.2, -0.15) is 5.26 Å². The average Bonchev–Trinajstić information content (AvgIpc) is 2.90. The second kappa shape index (κ2) is 4.10. The maximum atomic E-state index is 9.49. The summed E-state index contributed by atoms with van der Waals surface area (Å²) in [5.74, 6) is 0.726. The lowest BCUT2D eigenvalue weighted by molar-refractivity contribution is 0.379. The van der Waals surface area contributed by atoms with Gasteiger partial charge in [0.1, 0.15) is 28.9 Å². The van der Waals surface area contributed by atoms with Crippen molar-refractivity contribution in [2.45, 2.75) is 5.92 Å². The van der Waals surface area contributed by atoms with Crippen molar-refractivity contribution in [1.29, 1.82) is 5.26 Å². The minimum absolute atomic E-state index is 0.0296. The van der Waals surface area contributed by atoms with Crippen LogP contribution in [0, 0.1) is 11.3 Å². The van der Waals surface area contributed by atoms with Crippen LogP contribution in [-0.4, -0.2) is 5.11 Å². The summed E-state index contributed by atoms with van der Waals surface area (Å²) in [6.07, 6.45) is 1.54. The van der Waals surface area contributed by atoms with Crippen LogP contribution in [0.15, 0.2) is 52.5 Å². The van der Waals surface area contributed by atoms with E-state index in [0.29, 0.717) is 17.1 Å². The maximum Gasteiger partial charge on any atom is 0.205 e. The Balaban J connectivity index is 2.23. The molecule has 3 rings (SSSR count). The maximum absolute atomic E-state index is 9.49. The molecule has 1 unspecified atom stereocenters. The van der Waals surface area contributed by atoms with E-state index in [4.69, 9.17) is 14.9 Å². The summed E-state index contributed by atoms with van der Waals surface area (Å²) in [5.41, 5.74) is 6.80. The molecule has 94 valence electrons. The quantitative estimate of drug-likeness (QED) is 0.813. The van der Waals surface area contributed by atoms with E-state index in [-0.39, 0.29) is 11.6 Å². The van der Waals surface area contributed by atoms with Crippen molar-refractivity contribution in [3.05, 3.63) is 59.4 Å². The first-order valence-electron chi connectivity index (χ1n) is 5.64. The highest BCUT2D eigenvalue weighted by molar-refractivity contribution is 5.55. The molecule has 0 radical (unpaired) electrons. The lowest BCUT2D eigenvalue weighted by Gasteiger charge is -2.24. The monoisotopic (exact) mass is 254 g/mol. The zero-order chi connectivity index (χ0) is 13.4. The first-order valence-corrected chi connectivity index (χ1v) is 5.64. The fourth-order valence-electron chi connectivity index (χ4n) is 2.19. The molecule has 3 N–H and O–H groups in total. The number of rotatable bonds is 1. The van der Waals surface area contributed by atoms with Crippen LogP contribution in [0.5, 0.6) is 11.5 Å². The standard InChI is InChI=1S/C14H10N2O3/c15-7-10-13(11-2-1-5-18-11)9-4-3-8(17)6-12(9)19-14(10)16/h1-6,13,17H,16H2. The highest BCUT2D eigenvalue weighted by Gasteiger charge is 2.32. The van der Waals surface area contributed by atoms with Crippen molar-refractivity contribution >= 4 is 0 Å². The van der Waals surface area contributed by atoms with E-state index in [1.54, 1.807) is 18.2 Å². The van der Waals surface area contributed by atoms with Gasteiger partial charge in [0, 0.05) is 11.6 Å². The smallest absolute Gasteiger partial charge is 0.205 e. The Morgan fingerprint density at radius 1 is 1.32 bits per heavy atom. The van der Waals surface area contributed by atoms with Crippen LogP contribution >= 0.6 is 0 Å². The number of phenolic OH excluding ortho intramolecular Hbond substituents is 1. The number of hydrogen-bond acceptors (Lipinski definition) is 5. The van der Waals surface area contributed by atoms with Gasteiger partial charge in [0.25, 0.3) is 0 Å². The molecule has 0 amide bonds. The van der Waals surface area contributed by atoms with Crippen molar-refractivity contribution in [3.8, 4) is 17.6 Å². The Kier molecular flexibility index (Phi) is 2.43. The summed E-state index contributed by atoms with van der Waals surface area (Å²) in [6, 6.07) is 10.3. The lowest BCUT2D eigenvalue weighted by atomic mass is 9.87. The summed E-state index contributed by atoms with van der Waals surface area (Å²) < 4.78 is 10.8. The molecule has 1 aliphatic rings. The summed E-state index contributed by atoms with van der Waals surface area (Å²) in [5, 5.41) is 18.7. The van der Waals surface area contributed by atoms with Crippen molar-refractivity contribution < 1.29 is 14.3 Å². The SMILES string of the molecule is N#CC1=C(N)Oc2cc(O)ccc2C1c1ccco1. The van der Waals surface area contributed by atoms with Crippen LogP contribution in [0.1, 0.15) is 17.2 Å². The number of benzene rings is 1. The van der Waals surface area contributed by atoms with Crippen LogP contribution in [0.25, 0.3) is 0 Å². The summed E-state index contributed by atoms with van der Waals surface area (Å²) in [4.78, 5) is 0. The molecule has 0 aliphatic carbocycles. The molecular weight excluding hydrogens is 244 g/mol. The van der Waals surface area contributed by atoms with Crippen LogP contribution < -0.4 is 10.5 Å². The van der Waals surface area contributed by atoms with Gasteiger partial charge in [-0.15, -0.1) is 0 Å². The number of nitrogens with zero attached hydrogens (tertiary/aromatic N) is 1. The molecule has 0 bridgehead atoms. The highest BCUT2D eigenvalue weighted by atomic mass is 16.5. The molecule has 0 fully saturated rings. The van der Waals surface area contributed by atoms with Crippen molar-refractivity contribution in [2.75, 3.05) is 0 Å². The Labute approximate surface area is 109 Å². The molecule has 5 nitrogen and oxygen atoms in total. The van der Waals surface area contributed by atoms with Crippen LogP contribution in [-0.2, 0) is 0 Å². The van der Waals surface area contributed by atoms with Gasteiger partial charge in [-0.05, 0) is 18.2 Å². The fraction of sp³-hybridized carbons (Fsp3) is 0.0714. The second-order valence-electron chi connectivity index (χ2n) is 4.16. The highest BCUT2D eigenvalue weighted by Crippen LogP contribution is 2.43. The van der Waals surface area contributed by atoms with E-state index >= 15 is 0 Å². The van der Waals surface area contributed by atoms with E-state index in [1.807, 2.05) is 0 Å². The molecule has 1 aromatic carbocycles. The molecule has 5 heteroatoms. The van der Waals surface area contributed by atoms with Crippen molar-refractivity contribution in [1.82, 2.24) is 0 Å². The van der Waals surface area contributed by atoms with Crippen LogP contribution in [0.3, 0.4) is 0 Å². The van der Waals surface area contributed by atoms with E-state index in [9.17, 15) is 10.4 Å². The minimum Gasteiger partial charge on any atom is -0.508 e. The Morgan fingerprint density at radius 3 is 2.84 bits per heavy atom. The van der Waals surface area contributed by atoms with Crippen LogP contribution in [0.4, 0.5) is 0 Å². The lowest BCUT2D eigenvalue weighted by Crippen LogP contribution is -2.20. The molecule has 0 spiro atoms. The summed E-state index contributed by atoms with van der Waals surface area (Å²) >= 11 is 0. The topological polar surface area (TPSA) is 92.4 Å². The van der Waals surface area contributed by atoms with Gasteiger partial charge < -0.3 is 20.0 Å². The largest absolute Gasteiger partial charge is 0.508 e. The number of nitriles is 1. The van der Waals surface area contributed by atoms with Gasteiger partial charge in [0.05, 0.1) is 12.2 Å².